The zero-order valence-corrected chi connectivity index (χ0v) is 15.5. The molecule has 3 rings (SSSR count). The van der Waals surface area contributed by atoms with Crippen molar-refractivity contribution in [1.82, 2.24) is 25.1 Å². The summed E-state index contributed by atoms with van der Waals surface area (Å²) in [7, 11) is -1.68. The molecular weight excluding hydrogens is 358 g/mol. The summed E-state index contributed by atoms with van der Waals surface area (Å²) >= 11 is 0. The highest BCUT2D eigenvalue weighted by atomic mass is 32.2. The third-order valence-corrected chi connectivity index (χ3v) is 5.89. The summed E-state index contributed by atoms with van der Waals surface area (Å²) in [5.74, 6) is 0.578. The second kappa shape index (κ2) is 8.67. The highest BCUT2D eigenvalue weighted by molar-refractivity contribution is 7.91. The smallest absolute Gasteiger partial charge is 0.204 e. The molecule has 0 radical (unpaired) electrons. The quantitative estimate of drug-likeness (QED) is 0.638. The summed E-state index contributed by atoms with van der Waals surface area (Å²) in [4.78, 5) is 3.89. The fourth-order valence-corrected chi connectivity index (χ4v) is 4.02. The van der Waals surface area contributed by atoms with E-state index in [1.54, 1.807) is 37.4 Å². The van der Waals surface area contributed by atoms with E-state index in [1.807, 2.05) is 0 Å². The number of tetrazole rings is 1. The monoisotopic (exact) mass is 381 g/mol. The number of benzene rings is 1. The van der Waals surface area contributed by atoms with Crippen molar-refractivity contribution in [3.8, 4) is 0 Å². The lowest BCUT2D eigenvalue weighted by Crippen LogP contribution is -2.41. The zero-order chi connectivity index (χ0) is 18.4. The Kier molecular flexibility index (Phi) is 6.30. The van der Waals surface area contributed by atoms with Crippen molar-refractivity contribution in [2.45, 2.75) is 17.5 Å². The molecule has 1 saturated heterocycles. The van der Waals surface area contributed by atoms with E-state index in [1.165, 1.54) is 4.80 Å². The van der Waals surface area contributed by atoms with Gasteiger partial charge in [-0.2, -0.15) is 4.80 Å². The third kappa shape index (κ3) is 4.85. The van der Waals surface area contributed by atoms with E-state index in [0.29, 0.717) is 50.1 Å². The number of sulfone groups is 1. The Bertz CT molecular complexity index is 796. The van der Waals surface area contributed by atoms with Gasteiger partial charge in [0.25, 0.3) is 0 Å². The van der Waals surface area contributed by atoms with Crippen molar-refractivity contribution in [2.24, 2.45) is 0 Å². The van der Waals surface area contributed by atoms with E-state index >= 15 is 0 Å². The molecule has 0 amide bonds. The average Bonchev–Trinajstić information content (AvgIpc) is 3.15. The molecular formula is C16H23N5O4S. The van der Waals surface area contributed by atoms with Crippen LogP contribution >= 0.6 is 0 Å². The van der Waals surface area contributed by atoms with Crippen molar-refractivity contribution < 1.29 is 17.9 Å². The number of hydrogen-bond acceptors (Lipinski definition) is 8. The lowest BCUT2D eigenvalue weighted by Gasteiger charge is -2.31. The highest BCUT2D eigenvalue weighted by Crippen LogP contribution is 2.19. The van der Waals surface area contributed by atoms with Crippen LogP contribution in [0.25, 0.3) is 0 Å². The van der Waals surface area contributed by atoms with Crippen LogP contribution in [0.15, 0.2) is 35.2 Å². The van der Waals surface area contributed by atoms with Gasteiger partial charge in [-0.15, -0.1) is 10.2 Å². The Hall–Kier alpha value is -1.88. The lowest BCUT2D eigenvalue weighted by molar-refractivity contribution is -0.0325. The Morgan fingerprint density at radius 2 is 2.08 bits per heavy atom. The molecule has 1 aromatic heterocycles. The normalized spacial score (nSPS) is 18.9. The highest BCUT2D eigenvalue weighted by Gasteiger charge is 2.27. The van der Waals surface area contributed by atoms with Crippen molar-refractivity contribution in [2.75, 3.05) is 45.7 Å². The van der Waals surface area contributed by atoms with Gasteiger partial charge in [-0.05, 0) is 17.3 Å². The van der Waals surface area contributed by atoms with Gasteiger partial charge in [-0.3, -0.25) is 4.90 Å². The van der Waals surface area contributed by atoms with Crippen LogP contribution in [0.2, 0.25) is 0 Å². The summed E-state index contributed by atoms with van der Waals surface area (Å²) in [6.45, 7) is 3.19. The van der Waals surface area contributed by atoms with Crippen molar-refractivity contribution in [3.63, 3.8) is 0 Å². The molecule has 1 aliphatic rings. The Morgan fingerprint density at radius 1 is 1.27 bits per heavy atom. The Labute approximate surface area is 152 Å². The van der Waals surface area contributed by atoms with Crippen LogP contribution in [0.1, 0.15) is 11.9 Å². The number of methoxy groups -OCH3 is 1. The zero-order valence-electron chi connectivity index (χ0n) is 14.7. The van der Waals surface area contributed by atoms with E-state index < -0.39 is 9.84 Å². The maximum atomic E-state index is 12.4. The average molecular weight is 381 g/mol. The van der Waals surface area contributed by atoms with Crippen LogP contribution < -0.4 is 0 Å². The molecule has 1 atom stereocenters. The van der Waals surface area contributed by atoms with Gasteiger partial charge < -0.3 is 9.47 Å². The number of ether oxygens (including phenoxy) is 2. The molecule has 1 fully saturated rings. The Morgan fingerprint density at radius 3 is 2.85 bits per heavy atom. The minimum Gasteiger partial charge on any atom is -0.383 e. The number of morpholine rings is 1. The molecule has 0 bridgehead atoms. The predicted octanol–water partition coefficient (Wildman–Crippen LogP) is 0.167. The fraction of sp³-hybridized carbons (Fsp3) is 0.562. The van der Waals surface area contributed by atoms with Crippen molar-refractivity contribution in [3.05, 3.63) is 36.2 Å². The molecule has 0 N–H and O–H groups in total. The van der Waals surface area contributed by atoms with Crippen molar-refractivity contribution >= 4 is 9.84 Å². The SMILES string of the molecule is COCCn1nnc(C2CN(CCS(=O)(=O)c3ccccc3)CCO2)n1. The molecule has 142 valence electrons. The largest absolute Gasteiger partial charge is 0.383 e. The molecule has 0 aliphatic carbocycles. The molecule has 2 aromatic rings. The Balaban J connectivity index is 1.56. The van der Waals surface area contributed by atoms with E-state index in [2.05, 4.69) is 20.3 Å². The maximum absolute atomic E-state index is 12.4. The first-order valence-corrected chi connectivity index (χ1v) is 10.1. The van der Waals surface area contributed by atoms with Crippen molar-refractivity contribution in [1.29, 1.82) is 0 Å². The van der Waals surface area contributed by atoms with E-state index in [-0.39, 0.29) is 11.9 Å². The van der Waals surface area contributed by atoms with Gasteiger partial charge in [-0.1, -0.05) is 18.2 Å². The third-order valence-electron chi connectivity index (χ3n) is 4.18. The predicted molar refractivity (Wildman–Crippen MR) is 93.3 cm³/mol. The number of hydrogen-bond donors (Lipinski definition) is 0. The van der Waals surface area contributed by atoms with E-state index in [0.717, 1.165) is 0 Å². The topological polar surface area (TPSA) is 99.4 Å². The molecule has 1 unspecified atom stereocenters. The van der Waals surface area contributed by atoms with Crippen LogP contribution in [-0.4, -0.2) is 79.2 Å². The van der Waals surface area contributed by atoms with Crippen LogP contribution in [0.3, 0.4) is 0 Å². The van der Waals surface area contributed by atoms with Crippen LogP contribution in [0.5, 0.6) is 0 Å². The summed E-state index contributed by atoms with van der Waals surface area (Å²) in [6.07, 6.45) is -0.306. The maximum Gasteiger partial charge on any atom is 0.204 e. The summed E-state index contributed by atoms with van der Waals surface area (Å²) in [5, 5.41) is 12.3. The second-order valence-electron chi connectivity index (χ2n) is 6.03. The lowest BCUT2D eigenvalue weighted by atomic mass is 10.2. The fourth-order valence-electron chi connectivity index (χ4n) is 2.71. The van der Waals surface area contributed by atoms with Gasteiger partial charge >= 0.3 is 0 Å². The van der Waals surface area contributed by atoms with Crippen LogP contribution in [0, 0.1) is 0 Å². The molecule has 10 heteroatoms. The molecule has 1 aromatic carbocycles. The summed E-state index contributed by atoms with van der Waals surface area (Å²) in [5.41, 5.74) is 0. The van der Waals surface area contributed by atoms with E-state index in [9.17, 15) is 8.42 Å². The second-order valence-corrected chi connectivity index (χ2v) is 8.14. The minimum absolute atomic E-state index is 0.0672. The minimum atomic E-state index is -3.29. The number of aromatic nitrogens is 4. The van der Waals surface area contributed by atoms with Gasteiger partial charge in [0, 0.05) is 26.7 Å². The first-order valence-electron chi connectivity index (χ1n) is 8.47. The molecule has 2 heterocycles. The summed E-state index contributed by atoms with van der Waals surface area (Å²) < 4.78 is 35.6. The van der Waals surface area contributed by atoms with Gasteiger partial charge in [0.15, 0.2) is 9.84 Å². The van der Waals surface area contributed by atoms with Gasteiger partial charge in [0.2, 0.25) is 5.82 Å². The first kappa shape index (κ1) is 18.9. The number of rotatable bonds is 8. The standard InChI is InChI=1S/C16H23N5O4S/c1-24-10-8-21-18-16(17-19-21)15-13-20(7-11-25-15)9-12-26(22,23)14-5-3-2-4-6-14/h2-6,15H,7-13H2,1H3. The van der Waals surface area contributed by atoms with Gasteiger partial charge in [0.05, 0.1) is 30.4 Å². The number of nitrogens with zero attached hydrogens (tertiary/aromatic N) is 5. The van der Waals surface area contributed by atoms with Crippen LogP contribution in [-0.2, 0) is 25.9 Å². The molecule has 9 nitrogen and oxygen atoms in total. The molecule has 0 saturated carbocycles. The molecule has 1 aliphatic heterocycles. The van der Waals surface area contributed by atoms with Gasteiger partial charge in [-0.25, -0.2) is 8.42 Å². The van der Waals surface area contributed by atoms with Gasteiger partial charge in [0.1, 0.15) is 6.10 Å². The van der Waals surface area contributed by atoms with Crippen LogP contribution in [0.4, 0.5) is 0 Å². The molecule has 26 heavy (non-hydrogen) atoms. The summed E-state index contributed by atoms with van der Waals surface area (Å²) in [6, 6.07) is 8.52. The molecule has 0 spiro atoms. The van der Waals surface area contributed by atoms with E-state index in [4.69, 9.17) is 9.47 Å². The first-order chi connectivity index (χ1) is 12.6.